The van der Waals surface area contributed by atoms with Crippen LogP contribution in [-0.2, 0) is 63.5 Å². The number of fused-ring (bicyclic) bond motifs is 5. The lowest BCUT2D eigenvalue weighted by molar-refractivity contribution is -0.159. The number of likely N-dealkylation sites (N-methyl/N-ethyl adjacent to an activating group) is 1. The predicted octanol–water partition coefficient (Wildman–Crippen LogP) is 5.47. The highest BCUT2D eigenvalue weighted by Crippen LogP contribution is 2.41. The normalized spacial score (nSPS) is 25.8. The number of hydrogen-bond donors (Lipinski definition) is 4. The van der Waals surface area contributed by atoms with E-state index in [1.165, 1.54) is 30.9 Å². The first-order chi connectivity index (χ1) is 36.5. The number of epoxide rings is 1. The number of esters is 1. The van der Waals surface area contributed by atoms with Crippen LogP contribution in [0.2, 0.25) is 5.02 Å². The van der Waals surface area contributed by atoms with E-state index in [2.05, 4.69) is 28.1 Å². The summed E-state index contributed by atoms with van der Waals surface area (Å²) in [6, 6.07) is 2.52. The van der Waals surface area contributed by atoms with Gasteiger partial charge in [0, 0.05) is 58.8 Å². The number of carbonyl (C=O) groups is 6. The Labute approximate surface area is 451 Å². The SMILES string of the molecule is COc1cc2cc(c1Cl)N(C)C(=O)C[C@H](OC(=O)[C@H](C)N(C)C(=O)CCCNC(=O)CCOCCOCCOCCOCCNC(=O)OC1CC/C=C/CCC1)[C@@H]1O[C@H]1[C@H](C)[C@@H]1C[C@](O)(C/C=C/C=C(\C)C2)NC(=O)O1. The fraction of sp³-hybridized carbons (Fsp3) is 0.667. The van der Waals surface area contributed by atoms with Crippen molar-refractivity contribution in [3.63, 3.8) is 0 Å². The Morgan fingerprint density at radius 3 is 2.34 bits per heavy atom. The number of amides is 5. The van der Waals surface area contributed by atoms with Crippen molar-refractivity contribution in [3.8, 4) is 5.75 Å². The van der Waals surface area contributed by atoms with Gasteiger partial charge >= 0.3 is 18.2 Å². The summed E-state index contributed by atoms with van der Waals surface area (Å²) in [5, 5.41) is 19.7. The summed E-state index contributed by atoms with van der Waals surface area (Å²) in [6.45, 7) is 8.47. The van der Waals surface area contributed by atoms with E-state index in [0.29, 0.717) is 77.1 Å². The van der Waals surface area contributed by atoms with Gasteiger partial charge in [-0.25, -0.2) is 14.4 Å². The summed E-state index contributed by atoms with van der Waals surface area (Å²) < 4.78 is 50.8. The lowest BCUT2D eigenvalue weighted by atomic mass is 9.88. The van der Waals surface area contributed by atoms with Crippen LogP contribution in [0.5, 0.6) is 5.75 Å². The molecule has 22 heteroatoms. The van der Waals surface area contributed by atoms with E-state index in [4.69, 9.17) is 54.2 Å². The molecule has 3 aliphatic heterocycles. The van der Waals surface area contributed by atoms with Gasteiger partial charge in [-0.1, -0.05) is 54.5 Å². The number of alkyl carbamates (subject to hydrolysis) is 2. The second-order valence-electron chi connectivity index (χ2n) is 19.6. The molecule has 8 atom stereocenters. The number of rotatable bonds is 24. The Morgan fingerprint density at radius 1 is 0.921 bits per heavy atom. The van der Waals surface area contributed by atoms with Crippen molar-refractivity contribution < 1.29 is 76.5 Å². The van der Waals surface area contributed by atoms with Crippen LogP contribution in [0.4, 0.5) is 15.3 Å². The first-order valence-electron chi connectivity index (χ1n) is 26.4. The Balaban J connectivity index is 0.986. The number of hydrogen-bond acceptors (Lipinski definition) is 16. The van der Waals surface area contributed by atoms with E-state index >= 15 is 0 Å². The van der Waals surface area contributed by atoms with Gasteiger partial charge in [-0.15, -0.1) is 0 Å². The fourth-order valence-electron chi connectivity index (χ4n) is 8.90. The van der Waals surface area contributed by atoms with Crippen molar-refractivity contribution in [2.45, 2.75) is 140 Å². The van der Waals surface area contributed by atoms with Crippen molar-refractivity contribution >= 4 is 53.2 Å². The van der Waals surface area contributed by atoms with Crippen molar-refractivity contribution in [3.05, 3.63) is 58.7 Å². The highest BCUT2D eigenvalue weighted by atomic mass is 35.5. The summed E-state index contributed by atoms with van der Waals surface area (Å²) in [5.41, 5.74) is 0.546. The molecule has 76 heavy (non-hydrogen) atoms. The molecular formula is C54H80ClN5O16. The summed E-state index contributed by atoms with van der Waals surface area (Å²) in [7, 11) is 4.52. The lowest BCUT2D eigenvalue weighted by Gasteiger charge is -2.38. The van der Waals surface area contributed by atoms with Gasteiger partial charge in [0.15, 0.2) is 0 Å². The van der Waals surface area contributed by atoms with E-state index in [9.17, 15) is 33.9 Å². The van der Waals surface area contributed by atoms with Crippen molar-refractivity contribution in [2.24, 2.45) is 5.92 Å². The monoisotopic (exact) mass is 1090 g/mol. The molecule has 5 amide bonds. The highest BCUT2D eigenvalue weighted by molar-refractivity contribution is 6.35. The Kier molecular flexibility index (Phi) is 25.8. The maximum absolute atomic E-state index is 14.1. The molecule has 0 saturated carbocycles. The summed E-state index contributed by atoms with van der Waals surface area (Å²) in [4.78, 5) is 81.0. The molecule has 2 fully saturated rings. The van der Waals surface area contributed by atoms with E-state index in [1.807, 2.05) is 13.0 Å². The summed E-state index contributed by atoms with van der Waals surface area (Å²) in [5.74, 6) is -1.95. The van der Waals surface area contributed by atoms with Crippen molar-refractivity contribution in [1.82, 2.24) is 20.9 Å². The quantitative estimate of drug-likeness (QED) is 0.0329. The Hall–Kier alpha value is -5.29. The molecular weight excluding hydrogens is 1010 g/mol. The molecule has 0 spiro atoms. The molecule has 3 heterocycles. The third-order valence-corrected chi connectivity index (χ3v) is 14.0. The predicted molar refractivity (Wildman–Crippen MR) is 281 cm³/mol. The first kappa shape index (κ1) is 61.6. The number of nitrogens with one attached hydrogen (secondary N) is 3. The molecule has 21 nitrogen and oxygen atoms in total. The molecule has 2 saturated heterocycles. The minimum absolute atomic E-state index is 0.0288. The molecule has 5 rings (SSSR count). The van der Waals surface area contributed by atoms with Crippen LogP contribution in [0, 0.1) is 5.92 Å². The van der Waals surface area contributed by atoms with E-state index in [-0.39, 0.29) is 68.2 Å². The third kappa shape index (κ3) is 20.6. The van der Waals surface area contributed by atoms with Crippen LogP contribution in [-0.4, -0.2) is 175 Å². The van der Waals surface area contributed by atoms with Crippen LogP contribution in [0.1, 0.15) is 97.0 Å². The number of carbonyl (C=O) groups excluding carboxylic acids is 6. The standard InChI is InChI=1S/C54H80ClN5O16/c1-36-15-12-13-20-54(67)35-44(75-53(66)58-54)37(2)49-50(76-49)43(34-47(63)60(5)41-32-39(31-36)33-42(68-6)48(41)55)74-51(64)38(3)59(4)46(62)18-14-21-56-45(61)19-23-69-25-27-71-29-30-72-28-26-70-24-22-57-52(65)73-40-16-10-8-7-9-11-17-40/h7-8,12-13,15,32-33,37-38,40,43-44,49-50,67H,9-11,14,16-31,34-35H2,1-6H3,(H,56,61)(H,57,65)(H,58,66)/b8-7+,13-12+,36-15+/t37-,38+,40?,43+,44+,49+,50+,54-/m1/s1. The Bertz CT molecular complexity index is 2180. The van der Waals surface area contributed by atoms with Crippen LogP contribution >= 0.6 is 11.6 Å². The van der Waals surface area contributed by atoms with Gasteiger partial charge in [0.25, 0.3) is 0 Å². The molecule has 1 unspecified atom stereocenters. The molecule has 0 radical (unpaired) electrons. The first-order valence-corrected chi connectivity index (χ1v) is 26.8. The third-order valence-electron chi connectivity index (χ3n) is 13.6. The van der Waals surface area contributed by atoms with Gasteiger partial charge in [-0.3, -0.25) is 19.7 Å². The van der Waals surface area contributed by atoms with Crippen molar-refractivity contribution in [1.29, 1.82) is 0 Å². The molecule has 1 aliphatic carbocycles. The average molecular weight is 1090 g/mol. The molecule has 1 aromatic rings. The minimum atomic E-state index is -1.60. The second kappa shape index (κ2) is 31.8. The van der Waals surface area contributed by atoms with Crippen LogP contribution in [0.15, 0.2) is 48.1 Å². The molecule has 0 aromatic heterocycles. The molecule has 4 bridgehead atoms. The van der Waals surface area contributed by atoms with Crippen molar-refractivity contribution in [2.75, 3.05) is 92.0 Å². The summed E-state index contributed by atoms with van der Waals surface area (Å²) in [6.07, 6.45) is 10.6. The number of methoxy groups -OCH3 is 1. The maximum atomic E-state index is 14.1. The van der Waals surface area contributed by atoms with E-state index < -0.39 is 66.2 Å². The zero-order valence-electron chi connectivity index (χ0n) is 45.0. The zero-order chi connectivity index (χ0) is 55.0. The topological polar surface area (TPSA) is 252 Å². The van der Waals surface area contributed by atoms with Gasteiger partial charge in [-0.2, -0.15) is 0 Å². The zero-order valence-corrected chi connectivity index (χ0v) is 45.7. The number of ether oxygens (including phenoxy) is 9. The van der Waals surface area contributed by atoms with Gasteiger partial charge in [0.2, 0.25) is 17.7 Å². The van der Waals surface area contributed by atoms with E-state index in [1.54, 1.807) is 38.3 Å². The number of halogens is 1. The Morgan fingerprint density at radius 2 is 1.62 bits per heavy atom. The molecule has 4 N–H and O–H groups in total. The molecule has 1 aromatic carbocycles. The second-order valence-corrected chi connectivity index (χ2v) is 20.0. The number of benzene rings is 1. The number of aliphatic hydroxyl groups is 1. The van der Waals surface area contributed by atoms with Crippen LogP contribution in [0.3, 0.4) is 0 Å². The smallest absolute Gasteiger partial charge is 0.409 e. The van der Waals surface area contributed by atoms with E-state index in [0.717, 1.165) is 43.2 Å². The fourth-order valence-corrected chi connectivity index (χ4v) is 9.21. The lowest BCUT2D eigenvalue weighted by Crippen LogP contribution is -2.57. The number of nitrogens with zero attached hydrogens (tertiary/aromatic N) is 2. The van der Waals surface area contributed by atoms with Crippen LogP contribution in [0.25, 0.3) is 0 Å². The van der Waals surface area contributed by atoms with Gasteiger partial charge in [0.05, 0.1) is 78.2 Å². The van der Waals surface area contributed by atoms with Gasteiger partial charge < -0.3 is 68.2 Å². The molecule has 4 aliphatic rings. The number of allylic oxidation sites excluding steroid dienone is 5. The van der Waals surface area contributed by atoms with Crippen LogP contribution < -0.4 is 25.6 Å². The average Bonchev–Trinajstić information content (AvgIpc) is 4.20. The summed E-state index contributed by atoms with van der Waals surface area (Å²) >= 11 is 6.77. The van der Waals surface area contributed by atoms with Gasteiger partial charge in [0.1, 0.15) is 47.0 Å². The maximum Gasteiger partial charge on any atom is 0.409 e. The van der Waals surface area contributed by atoms with Gasteiger partial charge in [-0.05, 0) is 76.5 Å². The minimum Gasteiger partial charge on any atom is -0.495 e. The highest BCUT2D eigenvalue weighted by Gasteiger charge is 2.55. The number of anilines is 1. The largest absolute Gasteiger partial charge is 0.495 e. The molecule has 424 valence electrons.